The lowest BCUT2D eigenvalue weighted by molar-refractivity contribution is 0.0703. The molecule has 6 heteroatoms. The average molecular weight is 463 g/mol. The number of hydrogen-bond acceptors (Lipinski definition) is 5. The van der Waals surface area contributed by atoms with Crippen LogP contribution in [0.15, 0.2) is 83.1 Å². The third-order valence-electron chi connectivity index (χ3n) is 6.23. The van der Waals surface area contributed by atoms with Crippen LogP contribution in [0.4, 0.5) is 0 Å². The number of hydrogen-bond donors (Lipinski definition) is 0. The van der Waals surface area contributed by atoms with Crippen molar-refractivity contribution >= 4 is 39.7 Å². The average Bonchev–Trinajstić information content (AvgIpc) is 3.53. The number of furan rings is 1. The lowest BCUT2D eigenvalue weighted by Crippen LogP contribution is -2.07. The van der Waals surface area contributed by atoms with E-state index in [2.05, 4.69) is 17.6 Å². The summed E-state index contributed by atoms with van der Waals surface area (Å²) in [7, 11) is 0. The summed E-state index contributed by atoms with van der Waals surface area (Å²) < 4.78 is 19.2. The largest absolute Gasteiger partial charge is 0.452 e. The second kappa shape index (κ2) is 8.02. The van der Waals surface area contributed by atoms with Gasteiger partial charge in [-0.2, -0.15) is 0 Å². The van der Waals surface area contributed by atoms with E-state index in [4.69, 9.17) is 13.9 Å². The molecule has 1 aliphatic heterocycles. The fourth-order valence-electron chi connectivity index (χ4n) is 4.57. The molecule has 0 bridgehead atoms. The van der Waals surface area contributed by atoms with E-state index < -0.39 is 5.97 Å². The zero-order chi connectivity index (χ0) is 24.1. The number of ketones is 1. The third kappa shape index (κ3) is 3.51. The maximum atomic E-state index is 13.2. The van der Waals surface area contributed by atoms with Gasteiger partial charge in [0.15, 0.2) is 5.76 Å². The van der Waals surface area contributed by atoms with Gasteiger partial charge in [0.2, 0.25) is 11.5 Å². The maximum Gasteiger partial charge on any atom is 0.379 e. The highest BCUT2D eigenvalue weighted by atomic mass is 16.5. The summed E-state index contributed by atoms with van der Waals surface area (Å²) in [4.78, 5) is 25.8. The van der Waals surface area contributed by atoms with Gasteiger partial charge in [0.1, 0.15) is 17.1 Å². The number of benzene rings is 3. The van der Waals surface area contributed by atoms with Crippen molar-refractivity contribution in [3.05, 3.63) is 101 Å². The molecule has 0 spiro atoms. The Hall–Kier alpha value is -4.58. The molecular formula is C29H21NO5. The lowest BCUT2D eigenvalue weighted by atomic mass is 10.0. The lowest BCUT2D eigenvalue weighted by Gasteiger charge is -2.06. The zero-order valence-corrected chi connectivity index (χ0v) is 19.2. The van der Waals surface area contributed by atoms with Gasteiger partial charge in [-0.15, -0.1) is 0 Å². The van der Waals surface area contributed by atoms with Gasteiger partial charge in [0, 0.05) is 40.7 Å². The molecule has 0 N–H and O–H groups in total. The summed E-state index contributed by atoms with van der Waals surface area (Å²) in [6, 6.07) is 20.3. The number of aromatic nitrogens is 1. The van der Waals surface area contributed by atoms with Crippen molar-refractivity contribution in [3.63, 3.8) is 0 Å². The number of nitrogens with zero attached hydrogens (tertiary/aromatic N) is 1. The van der Waals surface area contributed by atoms with E-state index in [1.165, 1.54) is 0 Å². The Balaban J connectivity index is 1.31. The van der Waals surface area contributed by atoms with Gasteiger partial charge in [-0.05, 0) is 49.8 Å². The molecule has 0 amide bonds. The number of aryl methyl sites for hydroxylation is 2. The van der Waals surface area contributed by atoms with Crippen molar-refractivity contribution in [3.8, 4) is 11.5 Å². The number of allylic oxidation sites excluding steroid dienone is 1. The first-order valence-electron chi connectivity index (χ1n) is 11.4. The maximum absolute atomic E-state index is 13.2. The summed E-state index contributed by atoms with van der Waals surface area (Å²) in [6.07, 6.45) is 3.79. The first-order chi connectivity index (χ1) is 17.0. The first-order valence-corrected chi connectivity index (χ1v) is 11.4. The van der Waals surface area contributed by atoms with Crippen molar-refractivity contribution in [2.24, 2.45) is 0 Å². The van der Waals surface area contributed by atoms with Crippen LogP contribution in [-0.4, -0.2) is 16.3 Å². The number of rotatable bonds is 4. The number of ether oxygens (including phenoxy) is 2. The SMILES string of the molecule is CCn1cc(/C=C2\Oc3cc(OC(=O)c4cc5ccccc5o4)cc(C)c3C2=O)c2ccccc21. The zero-order valence-electron chi connectivity index (χ0n) is 19.2. The van der Waals surface area contributed by atoms with E-state index >= 15 is 0 Å². The topological polar surface area (TPSA) is 70.7 Å². The van der Waals surface area contributed by atoms with Crippen LogP contribution in [0.3, 0.4) is 0 Å². The third-order valence-corrected chi connectivity index (χ3v) is 6.23. The van der Waals surface area contributed by atoms with Crippen LogP contribution in [0.5, 0.6) is 11.5 Å². The van der Waals surface area contributed by atoms with Crippen molar-refractivity contribution < 1.29 is 23.5 Å². The Morgan fingerprint density at radius 1 is 1.06 bits per heavy atom. The number of Topliss-reactive ketones (excluding diaryl/α,β-unsaturated/α-hetero) is 1. The minimum atomic E-state index is -0.618. The molecule has 3 aromatic carbocycles. The Bertz CT molecular complexity index is 1650. The number of esters is 1. The fraction of sp³-hybridized carbons (Fsp3) is 0.103. The molecule has 6 rings (SSSR count). The highest BCUT2D eigenvalue weighted by Crippen LogP contribution is 2.38. The molecule has 0 aliphatic carbocycles. The van der Waals surface area contributed by atoms with E-state index in [0.29, 0.717) is 22.5 Å². The van der Waals surface area contributed by atoms with Crippen LogP contribution in [0.1, 0.15) is 39.0 Å². The standard InChI is InChI=1S/C29H21NO5/c1-3-30-16-19(21-9-5-6-10-22(21)30)14-25-28(31)27-17(2)12-20(15-24(27)35-25)33-29(32)26-13-18-8-4-7-11-23(18)34-26/h4-16H,3H2,1-2H3/b25-14-. The quantitative estimate of drug-likeness (QED) is 0.172. The molecule has 1 aliphatic rings. The van der Waals surface area contributed by atoms with E-state index in [9.17, 15) is 9.59 Å². The number of fused-ring (bicyclic) bond motifs is 3. The van der Waals surface area contributed by atoms with Gasteiger partial charge in [-0.1, -0.05) is 36.4 Å². The number of carbonyl (C=O) groups is 2. The van der Waals surface area contributed by atoms with E-state index in [1.54, 1.807) is 37.3 Å². The van der Waals surface area contributed by atoms with Gasteiger partial charge >= 0.3 is 5.97 Å². The summed E-state index contributed by atoms with van der Waals surface area (Å²) in [5.41, 5.74) is 3.75. The van der Waals surface area contributed by atoms with Crippen LogP contribution >= 0.6 is 0 Å². The van der Waals surface area contributed by atoms with Crippen LogP contribution in [0.25, 0.3) is 27.9 Å². The summed E-state index contributed by atoms with van der Waals surface area (Å²) in [5, 5.41) is 1.86. The Labute approximate surface area is 201 Å². The second-order valence-electron chi connectivity index (χ2n) is 8.48. The fourth-order valence-corrected chi connectivity index (χ4v) is 4.57. The van der Waals surface area contributed by atoms with Crippen molar-refractivity contribution in [2.45, 2.75) is 20.4 Å². The van der Waals surface area contributed by atoms with Crippen molar-refractivity contribution in [1.82, 2.24) is 4.57 Å². The highest BCUT2D eigenvalue weighted by Gasteiger charge is 2.31. The smallest absolute Gasteiger partial charge is 0.379 e. The van der Waals surface area contributed by atoms with E-state index in [0.717, 1.165) is 28.4 Å². The van der Waals surface area contributed by atoms with Gasteiger partial charge in [-0.3, -0.25) is 4.79 Å². The molecule has 35 heavy (non-hydrogen) atoms. The molecule has 172 valence electrons. The Kier molecular flexibility index (Phi) is 4.81. The Morgan fingerprint density at radius 3 is 2.69 bits per heavy atom. The van der Waals surface area contributed by atoms with Crippen LogP contribution in [0.2, 0.25) is 0 Å². The number of para-hydroxylation sites is 2. The van der Waals surface area contributed by atoms with Gasteiger partial charge in [-0.25, -0.2) is 4.79 Å². The molecule has 5 aromatic rings. The normalized spacial score (nSPS) is 14.0. The second-order valence-corrected chi connectivity index (χ2v) is 8.48. The minimum Gasteiger partial charge on any atom is -0.452 e. The molecule has 0 unspecified atom stereocenters. The van der Waals surface area contributed by atoms with Crippen molar-refractivity contribution in [1.29, 1.82) is 0 Å². The molecule has 0 fully saturated rings. The van der Waals surface area contributed by atoms with Gasteiger partial charge < -0.3 is 18.5 Å². The van der Waals surface area contributed by atoms with Crippen molar-refractivity contribution in [2.75, 3.05) is 0 Å². The highest BCUT2D eigenvalue weighted by molar-refractivity contribution is 6.16. The molecular weight excluding hydrogens is 442 g/mol. The molecule has 3 heterocycles. The van der Waals surface area contributed by atoms with E-state index in [1.807, 2.05) is 42.6 Å². The summed E-state index contributed by atoms with van der Waals surface area (Å²) >= 11 is 0. The number of carbonyl (C=O) groups excluding carboxylic acids is 2. The summed E-state index contributed by atoms with van der Waals surface area (Å²) in [6.45, 7) is 4.69. The van der Waals surface area contributed by atoms with Gasteiger partial charge in [0.25, 0.3) is 0 Å². The molecule has 0 saturated carbocycles. The first kappa shape index (κ1) is 21.0. The molecule has 0 saturated heterocycles. The monoisotopic (exact) mass is 463 g/mol. The molecule has 0 radical (unpaired) electrons. The molecule has 6 nitrogen and oxygen atoms in total. The van der Waals surface area contributed by atoms with Crippen LogP contribution in [0, 0.1) is 6.92 Å². The predicted octanol–water partition coefficient (Wildman–Crippen LogP) is 6.55. The predicted molar refractivity (Wildman–Crippen MR) is 133 cm³/mol. The molecule has 2 aromatic heterocycles. The molecule has 0 atom stereocenters. The summed E-state index contributed by atoms with van der Waals surface area (Å²) in [5.74, 6) is 0.183. The van der Waals surface area contributed by atoms with Crippen LogP contribution < -0.4 is 9.47 Å². The minimum absolute atomic E-state index is 0.106. The van der Waals surface area contributed by atoms with E-state index in [-0.39, 0.29) is 23.1 Å². The van der Waals surface area contributed by atoms with Crippen LogP contribution in [-0.2, 0) is 6.54 Å². The Morgan fingerprint density at radius 2 is 1.86 bits per heavy atom. The van der Waals surface area contributed by atoms with Gasteiger partial charge in [0.05, 0.1) is 5.56 Å².